The zero-order valence-corrected chi connectivity index (χ0v) is 11.0. The molecule has 0 saturated heterocycles. The number of hydrogen-bond donors (Lipinski definition) is 1. The van der Waals surface area contributed by atoms with E-state index in [2.05, 4.69) is 4.90 Å². The van der Waals surface area contributed by atoms with Crippen molar-refractivity contribution in [1.82, 2.24) is 0 Å². The maximum absolute atomic E-state index is 10.7. The van der Waals surface area contributed by atoms with Crippen molar-refractivity contribution in [1.29, 1.82) is 0 Å². The van der Waals surface area contributed by atoms with Crippen molar-refractivity contribution in [2.45, 2.75) is 38.1 Å². The average molecular weight is 264 g/mol. The Balaban J connectivity index is 2.15. The van der Waals surface area contributed by atoms with Gasteiger partial charge >= 0.3 is 0 Å². The van der Waals surface area contributed by atoms with E-state index >= 15 is 0 Å². The van der Waals surface area contributed by atoms with Crippen molar-refractivity contribution >= 4 is 11.4 Å². The van der Waals surface area contributed by atoms with Crippen molar-refractivity contribution in [2.24, 2.45) is 0 Å². The lowest BCUT2D eigenvalue weighted by Crippen LogP contribution is -2.38. The van der Waals surface area contributed by atoms with E-state index in [1.54, 1.807) is 12.1 Å². The summed E-state index contributed by atoms with van der Waals surface area (Å²) < 4.78 is 0. The Bertz CT molecular complexity index is 413. The maximum atomic E-state index is 10.7. The number of aliphatic hydroxyl groups is 1. The molecule has 0 aromatic heterocycles. The zero-order chi connectivity index (χ0) is 13.7. The molecule has 1 fully saturated rings. The van der Waals surface area contributed by atoms with Crippen molar-refractivity contribution in [2.75, 3.05) is 18.1 Å². The van der Waals surface area contributed by atoms with E-state index in [0.29, 0.717) is 12.6 Å². The Kier molecular flexibility index (Phi) is 4.74. The third kappa shape index (κ3) is 3.44. The lowest BCUT2D eigenvalue weighted by Gasteiger charge is -2.35. The summed E-state index contributed by atoms with van der Waals surface area (Å²) in [5, 5.41) is 19.9. The molecule has 0 spiro atoms. The Morgan fingerprint density at radius 1 is 1.21 bits per heavy atom. The lowest BCUT2D eigenvalue weighted by molar-refractivity contribution is -0.384. The van der Waals surface area contributed by atoms with Gasteiger partial charge < -0.3 is 10.0 Å². The van der Waals surface area contributed by atoms with Gasteiger partial charge in [0.25, 0.3) is 5.69 Å². The second-order valence-electron chi connectivity index (χ2n) is 4.98. The van der Waals surface area contributed by atoms with Crippen molar-refractivity contribution in [3.63, 3.8) is 0 Å². The lowest BCUT2D eigenvalue weighted by atomic mass is 9.94. The fraction of sp³-hybridized carbons (Fsp3) is 0.571. The summed E-state index contributed by atoms with van der Waals surface area (Å²) in [7, 11) is 0. The van der Waals surface area contributed by atoms with Gasteiger partial charge in [0.2, 0.25) is 0 Å². The first-order valence-electron chi connectivity index (χ1n) is 6.84. The summed E-state index contributed by atoms with van der Waals surface area (Å²) >= 11 is 0. The van der Waals surface area contributed by atoms with E-state index in [4.69, 9.17) is 0 Å². The van der Waals surface area contributed by atoms with Gasteiger partial charge in [-0.05, 0) is 25.0 Å². The molecule has 0 radical (unpaired) electrons. The molecule has 0 unspecified atom stereocenters. The Labute approximate surface area is 113 Å². The van der Waals surface area contributed by atoms with Gasteiger partial charge in [-0.25, -0.2) is 0 Å². The smallest absolute Gasteiger partial charge is 0.269 e. The highest BCUT2D eigenvalue weighted by atomic mass is 16.6. The molecule has 104 valence electrons. The number of rotatable bonds is 5. The molecular formula is C14H20N2O3. The van der Waals surface area contributed by atoms with Gasteiger partial charge in [0, 0.05) is 30.4 Å². The van der Waals surface area contributed by atoms with E-state index in [-0.39, 0.29) is 17.2 Å². The van der Waals surface area contributed by atoms with Crippen LogP contribution < -0.4 is 4.90 Å². The summed E-state index contributed by atoms with van der Waals surface area (Å²) in [4.78, 5) is 12.5. The first-order valence-corrected chi connectivity index (χ1v) is 6.84. The number of hydrogen-bond acceptors (Lipinski definition) is 4. The molecule has 1 N–H and O–H groups in total. The van der Waals surface area contributed by atoms with E-state index < -0.39 is 0 Å². The van der Waals surface area contributed by atoms with Gasteiger partial charge in [-0.2, -0.15) is 0 Å². The van der Waals surface area contributed by atoms with Gasteiger partial charge in [-0.1, -0.05) is 19.3 Å². The minimum absolute atomic E-state index is 0.105. The molecule has 0 bridgehead atoms. The number of benzene rings is 1. The highest BCUT2D eigenvalue weighted by Crippen LogP contribution is 2.28. The van der Waals surface area contributed by atoms with E-state index in [0.717, 1.165) is 18.5 Å². The van der Waals surface area contributed by atoms with E-state index in [1.807, 2.05) is 0 Å². The second kappa shape index (κ2) is 6.52. The van der Waals surface area contributed by atoms with Crippen molar-refractivity contribution in [3.05, 3.63) is 34.4 Å². The van der Waals surface area contributed by atoms with Gasteiger partial charge in [0.15, 0.2) is 0 Å². The molecule has 0 amide bonds. The third-order valence-electron chi connectivity index (χ3n) is 3.75. The normalized spacial score (nSPS) is 16.3. The first-order chi connectivity index (χ1) is 9.22. The molecule has 0 heterocycles. The number of nitro groups is 1. The van der Waals surface area contributed by atoms with Crippen LogP contribution in [0.15, 0.2) is 24.3 Å². The van der Waals surface area contributed by atoms with Crippen LogP contribution in [0.2, 0.25) is 0 Å². The minimum Gasteiger partial charge on any atom is -0.395 e. The summed E-state index contributed by atoms with van der Waals surface area (Å²) in [6.07, 6.45) is 6.00. The summed E-state index contributed by atoms with van der Waals surface area (Å²) in [5.41, 5.74) is 1.07. The largest absolute Gasteiger partial charge is 0.395 e. The number of aliphatic hydroxyl groups excluding tert-OH is 1. The van der Waals surface area contributed by atoms with Gasteiger partial charge in [0.1, 0.15) is 0 Å². The predicted octanol–water partition coefficient (Wildman–Crippen LogP) is 2.73. The Morgan fingerprint density at radius 3 is 2.37 bits per heavy atom. The van der Waals surface area contributed by atoms with Crippen LogP contribution in [0.1, 0.15) is 32.1 Å². The highest BCUT2D eigenvalue weighted by molar-refractivity contribution is 5.51. The van der Waals surface area contributed by atoms with Crippen LogP contribution in [0.4, 0.5) is 11.4 Å². The van der Waals surface area contributed by atoms with Crippen LogP contribution in [-0.2, 0) is 0 Å². The fourth-order valence-electron chi connectivity index (χ4n) is 2.79. The number of nitrogens with zero attached hydrogens (tertiary/aromatic N) is 2. The quantitative estimate of drug-likeness (QED) is 0.656. The first kappa shape index (κ1) is 13.8. The van der Waals surface area contributed by atoms with Crippen LogP contribution in [-0.4, -0.2) is 29.2 Å². The second-order valence-corrected chi connectivity index (χ2v) is 4.98. The fourth-order valence-corrected chi connectivity index (χ4v) is 2.79. The van der Waals surface area contributed by atoms with Crippen LogP contribution in [0, 0.1) is 10.1 Å². The topological polar surface area (TPSA) is 66.6 Å². The standard InChI is InChI=1S/C14H20N2O3/c17-11-10-15(12-4-2-1-3-5-12)13-6-8-14(9-7-13)16(18)19/h6-9,12,17H,1-5,10-11H2. The SMILES string of the molecule is O=[N+]([O-])c1ccc(N(CCO)C2CCCCC2)cc1. The number of nitro benzene ring substituents is 1. The summed E-state index contributed by atoms with van der Waals surface area (Å²) in [5.74, 6) is 0. The van der Waals surface area contributed by atoms with Crippen LogP contribution in [0.3, 0.4) is 0 Å². The van der Waals surface area contributed by atoms with Crippen LogP contribution in [0.25, 0.3) is 0 Å². The molecule has 1 aliphatic carbocycles. The van der Waals surface area contributed by atoms with Crippen LogP contribution >= 0.6 is 0 Å². The van der Waals surface area contributed by atoms with E-state index in [9.17, 15) is 15.2 Å². The highest BCUT2D eigenvalue weighted by Gasteiger charge is 2.21. The minimum atomic E-state index is -0.388. The molecule has 5 heteroatoms. The summed E-state index contributed by atoms with van der Waals surface area (Å²) in [6, 6.07) is 7.07. The average Bonchev–Trinajstić information content (AvgIpc) is 2.46. The van der Waals surface area contributed by atoms with E-state index in [1.165, 1.54) is 31.4 Å². The molecule has 5 nitrogen and oxygen atoms in total. The van der Waals surface area contributed by atoms with Crippen LogP contribution in [0.5, 0.6) is 0 Å². The Hall–Kier alpha value is -1.62. The molecule has 1 aromatic carbocycles. The van der Waals surface area contributed by atoms with Crippen molar-refractivity contribution < 1.29 is 10.0 Å². The molecule has 2 rings (SSSR count). The predicted molar refractivity (Wildman–Crippen MR) is 74.4 cm³/mol. The molecule has 19 heavy (non-hydrogen) atoms. The summed E-state index contributed by atoms with van der Waals surface area (Å²) in [6.45, 7) is 0.690. The molecule has 0 aliphatic heterocycles. The van der Waals surface area contributed by atoms with Crippen molar-refractivity contribution in [3.8, 4) is 0 Å². The monoisotopic (exact) mass is 264 g/mol. The zero-order valence-electron chi connectivity index (χ0n) is 11.0. The maximum Gasteiger partial charge on any atom is 0.269 e. The molecule has 1 aromatic rings. The number of anilines is 1. The van der Waals surface area contributed by atoms with Gasteiger partial charge in [-0.3, -0.25) is 10.1 Å². The third-order valence-corrected chi connectivity index (χ3v) is 3.75. The van der Waals surface area contributed by atoms with Gasteiger partial charge in [0.05, 0.1) is 11.5 Å². The molecule has 0 atom stereocenters. The molecule has 1 aliphatic rings. The molecular weight excluding hydrogens is 244 g/mol. The Morgan fingerprint density at radius 2 is 1.84 bits per heavy atom. The van der Waals surface area contributed by atoms with Gasteiger partial charge in [-0.15, -0.1) is 0 Å². The number of non-ortho nitro benzene ring substituents is 1. The molecule has 1 saturated carbocycles.